The molecule has 0 radical (unpaired) electrons. The predicted octanol–water partition coefficient (Wildman–Crippen LogP) is 5.66. The molecule has 1 aliphatic rings. The number of fused-ring (bicyclic) bond motifs is 1. The van der Waals surface area contributed by atoms with Crippen LogP contribution in [0, 0.1) is 0 Å². The molecule has 0 aliphatic heterocycles. The molecule has 20 heavy (non-hydrogen) atoms. The van der Waals surface area contributed by atoms with Crippen LogP contribution < -0.4 is 0 Å². The van der Waals surface area contributed by atoms with Gasteiger partial charge < -0.3 is 0 Å². The minimum absolute atomic E-state index is 0.291. The molecule has 1 heterocycles. The van der Waals surface area contributed by atoms with Gasteiger partial charge in [-0.25, -0.2) is 0 Å². The number of para-hydroxylation sites is 1. The minimum Gasteiger partial charge on any atom is -0.255 e. The Labute approximate surface area is 130 Å². The Morgan fingerprint density at radius 3 is 2.70 bits per heavy atom. The van der Waals surface area contributed by atoms with Gasteiger partial charge in [-0.2, -0.15) is 0 Å². The standard InChI is InChI=1S/C17H20ClNS/c18-14-9-3-1-2-4-10-15(14)20-16-11-5-7-13-8-6-12-19-17(13)16/h5-8,11-12,14-15H,1-4,9-10H2. The van der Waals surface area contributed by atoms with Crippen molar-refractivity contribution < 1.29 is 0 Å². The molecule has 2 atom stereocenters. The van der Waals surface area contributed by atoms with Crippen LogP contribution in [0.2, 0.25) is 0 Å². The van der Waals surface area contributed by atoms with E-state index < -0.39 is 0 Å². The summed E-state index contributed by atoms with van der Waals surface area (Å²) >= 11 is 8.55. The summed E-state index contributed by atoms with van der Waals surface area (Å²) < 4.78 is 0. The summed E-state index contributed by atoms with van der Waals surface area (Å²) in [6.45, 7) is 0. The van der Waals surface area contributed by atoms with Crippen molar-refractivity contribution in [3.63, 3.8) is 0 Å². The van der Waals surface area contributed by atoms with Gasteiger partial charge in [0.1, 0.15) is 0 Å². The number of alkyl halides is 1. The van der Waals surface area contributed by atoms with Crippen molar-refractivity contribution >= 4 is 34.3 Å². The summed E-state index contributed by atoms with van der Waals surface area (Å²) in [6, 6.07) is 10.6. The first-order valence-corrected chi connectivity index (χ1v) is 8.81. The molecule has 0 spiro atoms. The molecule has 2 unspecified atom stereocenters. The molecular formula is C17H20ClNS. The number of rotatable bonds is 2. The number of aromatic nitrogens is 1. The molecule has 3 rings (SSSR count). The SMILES string of the molecule is ClC1CCCCCCC1Sc1cccc2cccnc12. The van der Waals surface area contributed by atoms with Crippen LogP contribution in [-0.4, -0.2) is 15.6 Å². The summed E-state index contributed by atoms with van der Waals surface area (Å²) in [7, 11) is 0. The van der Waals surface area contributed by atoms with Crippen molar-refractivity contribution in [1.82, 2.24) is 4.98 Å². The summed E-state index contributed by atoms with van der Waals surface area (Å²) in [5.74, 6) is 0. The van der Waals surface area contributed by atoms with Crippen LogP contribution >= 0.6 is 23.4 Å². The molecule has 0 bridgehead atoms. The van der Waals surface area contributed by atoms with E-state index in [1.807, 2.05) is 24.0 Å². The van der Waals surface area contributed by atoms with Gasteiger partial charge in [-0.3, -0.25) is 4.98 Å². The van der Waals surface area contributed by atoms with E-state index in [4.69, 9.17) is 11.6 Å². The molecule has 0 saturated heterocycles. The summed E-state index contributed by atoms with van der Waals surface area (Å²) in [5.41, 5.74) is 1.12. The van der Waals surface area contributed by atoms with Gasteiger partial charge in [0.05, 0.1) is 5.52 Å². The average molecular weight is 306 g/mol. The van der Waals surface area contributed by atoms with Gasteiger partial charge in [-0.15, -0.1) is 23.4 Å². The molecular weight excluding hydrogens is 286 g/mol. The lowest BCUT2D eigenvalue weighted by Gasteiger charge is -2.24. The van der Waals surface area contributed by atoms with E-state index in [0.717, 1.165) is 11.9 Å². The van der Waals surface area contributed by atoms with Crippen LogP contribution in [0.4, 0.5) is 0 Å². The molecule has 3 heteroatoms. The largest absolute Gasteiger partial charge is 0.255 e. The second-order valence-corrected chi connectivity index (χ2v) is 7.34. The van der Waals surface area contributed by atoms with Crippen LogP contribution in [-0.2, 0) is 0 Å². The number of nitrogens with zero attached hydrogens (tertiary/aromatic N) is 1. The van der Waals surface area contributed by atoms with Crippen LogP contribution in [0.5, 0.6) is 0 Å². The molecule has 0 amide bonds. The normalized spacial score (nSPS) is 24.2. The van der Waals surface area contributed by atoms with Crippen LogP contribution in [0.25, 0.3) is 10.9 Å². The first-order valence-electron chi connectivity index (χ1n) is 7.49. The number of hydrogen-bond donors (Lipinski definition) is 0. The molecule has 1 aliphatic carbocycles. The highest BCUT2D eigenvalue weighted by molar-refractivity contribution is 8.00. The van der Waals surface area contributed by atoms with E-state index >= 15 is 0 Å². The van der Waals surface area contributed by atoms with Gasteiger partial charge in [0.2, 0.25) is 0 Å². The molecule has 1 aromatic heterocycles. The maximum Gasteiger partial charge on any atom is 0.0837 e. The van der Waals surface area contributed by atoms with Gasteiger partial charge in [-0.1, -0.05) is 43.9 Å². The van der Waals surface area contributed by atoms with E-state index in [1.165, 1.54) is 42.4 Å². The van der Waals surface area contributed by atoms with E-state index in [0.29, 0.717) is 10.6 Å². The van der Waals surface area contributed by atoms with Crippen molar-refractivity contribution in [1.29, 1.82) is 0 Å². The van der Waals surface area contributed by atoms with Gasteiger partial charge in [0.15, 0.2) is 0 Å². The molecule has 1 saturated carbocycles. The van der Waals surface area contributed by atoms with Crippen LogP contribution in [0.1, 0.15) is 38.5 Å². The summed E-state index contributed by atoms with van der Waals surface area (Å²) in [6.07, 6.45) is 9.53. The number of thioether (sulfide) groups is 1. The predicted molar refractivity (Wildman–Crippen MR) is 88.7 cm³/mol. The second kappa shape index (κ2) is 6.82. The Hall–Kier alpha value is -0.730. The molecule has 1 aromatic carbocycles. The third kappa shape index (κ3) is 3.29. The number of pyridine rings is 1. The summed E-state index contributed by atoms with van der Waals surface area (Å²) in [5, 5.41) is 2.03. The lowest BCUT2D eigenvalue weighted by atomic mass is 10.0. The van der Waals surface area contributed by atoms with Gasteiger partial charge in [-0.05, 0) is 25.0 Å². The zero-order chi connectivity index (χ0) is 13.8. The fraction of sp³-hybridized carbons (Fsp3) is 0.471. The Bertz CT molecular complexity index is 566. The van der Waals surface area contributed by atoms with E-state index in [-0.39, 0.29) is 0 Å². The highest BCUT2D eigenvalue weighted by Gasteiger charge is 2.22. The number of benzene rings is 1. The molecule has 0 N–H and O–H groups in total. The maximum atomic E-state index is 6.62. The molecule has 1 fully saturated rings. The lowest BCUT2D eigenvalue weighted by molar-refractivity contribution is 0.518. The first kappa shape index (κ1) is 14.2. The number of halogens is 1. The third-order valence-corrected chi connectivity index (χ3v) is 6.12. The molecule has 1 nitrogen and oxygen atoms in total. The van der Waals surface area contributed by atoms with E-state index in [1.54, 1.807) is 0 Å². The maximum absolute atomic E-state index is 6.62. The minimum atomic E-state index is 0.291. The molecule has 106 valence electrons. The smallest absolute Gasteiger partial charge is 0.0837 e. The van der Waals surface area contributed by atoms with Crippen LogP contribution in [0.3, 0.4) is 0 Å². The zero-order valence-electron chi connectivity index (χ0n) is 11.6. The Morgan fingerprint density at radius 1 is 1.00 bits per heavy atom. The lowest BCUT2D eigenvalue weighted by Crippen LogP contribution is -2.19. The quantitative estimate of drug-likeness (QED) is 0.664. The van der Waals surface area contributed by atoms with E-state index in [9.17, 15) is 0 Å². The van der Waals surface area contributed by atoms with Gasteiger partial charge >= 0.3 is 0 Å². The van der Waals surface area contributed by atoms with Crippen molar-refractivity contribution in [2.24, 2.45) is 0 Å². The fourth-order valence-electron chi connectivity index (χ4n) is 2.87. The zero-order valence-corrected chi connectivity index (χ0v) is 13.2. The van der Waals surface area contributed by atoms with Crippen LogP contribution in [0.15, 0.2) is 41.4 Å². The van der Waals surface area contributed by atoms with E-state index in [2.05, 4.69) is 29.2 Å². The van der Waals surface area contributed by atoms with Crippen molar-refractivity contribution in [2.45, 2.75) is 54.0 Å². The fourth-order valence-corrected chi connectivity index (χ4v) is 4.64. The highest BCUT2D eigenvalue weighted by Crippen LogP contribution is 2.37. The van der Waals surface area contributed by atoms with Crippen molar-refractivity contribution in [2.75, 3.05) is 0 Å². The topological polar surface area (TPSA) is 12.9 Å². The van der Waals surface area contributed by atoms with Crippen molar-refractivity contribution in [3.05, 3.63) is 36.5 Å². The second-order valence-electron chi connectivity index (χ2n) is 5.50. The average Bonchev–Trinajstić information content (AvgIpc) is 2.47. The van der Waals surface area contributed by atoms with Crippen molar-refractivity contribution in [3.8, 4) is 0 Å². The van der Waals surface area contributed by atoms with Gasteiger partial charge in [0.25, 0.3) is 0 Å². The molecule has 2 aromatic rings. The number of hydrogen-bond acceptors (Lipinski definition) is 2. The monoisotopic (exact) mass is 305 g/mol. The Kier molecular flexibility index (Phi) is 4.85. The third-order valence-electron chi connectivity index (χ3n) is 4.00. The van der Waals surface area contributed by atoms with Gasteiger partial charge in [0, 0.05) is 27.1 Å². The summed E-state index contributed by atoms with van der Waals surface area (Å²) in [4.78, 5) is 5.83. The Balaban J connectivity index is 1.84. The Morgan fingerprint density at radius 2 is 1.80 bits per heavy atom. The first-order chi connectivity index (χ1) is 9.84. The highest BCUT2D eigenvalue weighted by atomic mass is 35.5.